The van der Waals surface area contributed by atoms with Crippen molar-refractivity contribution < 1.29 is 14.4 Å². The second-order valence-electron chi connectivity index (χ2n) is 6.13. The first-order valence-electron chi connectivity index (χ1n) is 9.03. The lowest BCUT2D eigenvalue weighted by Gasteiger charge is -2.18. The van der Waals surface area contributed by atoms with Crippen molar-refractivity contribution in [1.29, 1.82) is 0 Å². The molecule has 0 bridgehead atoms. The van der Waals surface area contributed by atoms with E-state index < -0.39 is 6.04 Å². The van der Waals surface area contributed by atoms with Gasteiger partial charge in [0.15, 0.2) is 5.78 Å². The maximum Gasteiger partial charge on any atom is 0.315 e. The molecule has 3 N–H and O–H groups in total. The van der Waals surface area contributed by atoms with Gasteiger partial charge in [-0.25, -0.2) is 4.79 Å². The fourth-order valence-electron chi connectivity index (χ4n) is 2.23. The van der Waals surface area contributed by atoms with E-state index in [1.54, 1.807) is 13.8 Å². The smallest absolute Gasteiger partial charge is 0.315 e. The van der Waals surface area contributed by atoms with Crippen LogP contribution in [-0.2, 0) is 9.59 Å². The summed E-state index contributed by atoms with van der Waals surface area (Å²) in [6, 6.07) is -0.761. The summed E-state index contributed by atoms with van der Waals surface area (Å²) in [5.74, 6) is 0.774. The van der Waals surface area contributed by atoms with Gasteiger partial charge < -0.3 is 20.9 Å². The Balaban J connectivity index is 3.61. The molecule has 0 aromatic carbocycles. The van der Waals surface area contributed by atoms with E-state index in [1.807, 2.05) is 7.05 Å². The van der Waals surface area contributed by atoms with E-state index in [0.717, 1.165) is 32.4 Å². The monoisotopic (exact) mass is 374 g/mol. The minimum Gasteiger partial charge on any atom is -0.355 e. The lowest BCUT2D eigenvalue weighted by atomic mass is 10.2. The number of carbonyl (C=O) groups is 3. The number of nitrogens with zero attached hydrogens (tertiary/aromatic N) is 1. The number of unbranched alkanes of at least 4 members (excludes halogenated alkanes) is 2. The number of hydrogen-bond donors (Lipinski definition) is 4. The lowest BCUT2D eigenvalue weighted by molar-refractivity contribution is -0.121. The van der Waals surface area contributed by atoms with E-state index in [0.29, 0.717) is 31.7 Å². The molecule has 0 saturated heterocycles. The Labute approximate surface area is 157 Å². The molecule has 146 valence electrons. The molecule has 7 nitrogen and oxygen atoms in total. The Morgan fingerprint density at radius 2 is 1.76 bits per heavy atom. The van der Waals surface area contributed by atoms with Gasteiger partial charge in [-0.1, -0.05) is 13.3 Å². The summed E-state index contributed by atoms with van der Waals surface area (Å²) in [7, 11) is 2.00. The Bertz CT molecular complexity index is 407. The predicted octanol–water partition coefficient (Wildman–Crippen LogP) is 1.19. The van der Waals surface area contributed by atoms with Gasteiger partial charge in [0.25, 0.3) is 0 Å². The molecule has 0 unspecified atom stereocenters. The Kier molecular flexibility index (Phi) is 14.2. The molecule has 3 amide bonds. The molecule has 0 aliphatic carbocycles. The van der Waals surface area contributed by atoms with E-state index in [1.165, 1.54) is 0 Å². The van der Waals surface area contributed by atoms with Crippen molar-refractivity contribution >= 4 is 30.4 Å². The second kappa shape index (κ2) is 15.0. The van der Waals surface area contributed by atoms with Crippen LogP contribution in [0.4, 0.5) is 4.79 Å². The molecular weight excluding hydrogens is 340 g/mol. The maximum absolute atomic E-state index is 11.7. The number of rotatable bonds is 14. The number of ketones is 1. The summed E-state index contributed by atoms with van der Waals surface area (Å²) in [4.78, 5) is 36.6. The first-order chi connectivity index (χ1) is 11.9. The van der Waals surface area contributed by atoms with E-state index in [-0.39, 0.29) is 17.7 Å². The molecule has 0 heterocycles. The molecular formula is C17H34N4O3S. The van der Waals surface area contributed by atoms with Crippen LogP contribution in [0.25, 0.3) is 0 Å². The minimum absolute atomic E-state index is 0.0200. The van der Waals surface area contributed by atoms with Gasteiger partial charge in [-0.2, -0.15) is 12.6 Å². The number of thiol groups is 1. The van der Waals surface area contributed by atoms with E-state index >= 15 is 0 Å². The summed E-state index contributed by atoms with van der Waals surface area (Å²) in [5, 5.41) is 8.19. The molecule has 1 atom stereocenters. The standard InChI is InChI=1S/C17H34N4O3S/c1-4-15(22)14(2)20-17(24)19-9-12-21(3)11-7-5-6-8-16(23)18-10-13-25/h14,25H,4-13H2,1-3H3,(H,18,23)(H2,19,20,24)/t14-/m0/s1. The maximum atomic E-state index is 11.7. The molecule has 0 spiro atoms. The van der Waals surface area contributed by atoms with Gasteiger partial charge in [0.1, 0.15) is 0 Å². The quantitative estimate of drug-likeness (QED) is 0.272. The van der Waals surface area contributed by atoms with Crippen LogP contribution in [0.15, 0.2) is 0 Å². The van der Waals surface area contributed by atoms with Crippen LogP contribution in [0.2, 0.25) is 0 Å². The summed E-state index contributed by atoms with van der Waals surface area (Å²) >= 11 is 4.05. The zero-order chi connectivity index (χ0) is 19.1. The van der Waals surface area contributed by atoms with Crippen LogP contribution in [0, 0.1) is 0 Å². The molecule has 0 rings (SSSR count). The Morgan fingerprint density at radius 3 is 2.40 bits per heavy atom. The fourth-order valence-corrected chi connectivity index (χ4v) is 2.35. The highest BCUT2D eigenvalue weighted by Crippen LogP contribution is 2.01. The molecule has 0 fully saturated rings. The van der Waals surface area contributed by atoms with Gasteiger partial charge in [-0.15, -0.1) is 0 Å². The third-order valence-corrected chi connectivity index (χ3v) is 4.06. The molecule has 0 aliphatic heterocycles. The average Bonchev–Trinajstić information content (AvgIpc) is 2.58. The molecule has 0 aromatic heterocycles. The van der Waals surface area contributed by atoms with Crippen LogP contribution < -0.4 is 16.0 Å². The van der Waals surface area contributed by atoms with Gasteiger partial charge in [0.05, 0.1) is 6.04 Å². The zero-order valence-corrected chi connectivity index (χ0v) is 16.7. The predicted molar refractivity (Wildman–Crippen MR) is 104 cm³/mol. The SMILES string of the molecule is CCC(=O)[C@H](C)NC(=O)NCCN(C)CCCCCC(=O)NCCS. The highest BCUT2D eigenvalue weighted by atomic mass is 32.1. The molecule has 8 heteroatoms. The van der Waals surface area contributed by atoms with Crippen molar-refractivity contribution in [3.63, 3.8) is 0 Å². The van der Waals surface area contributed by atoms with Crippen LogP contribution in [0.3, 0.4) is 0 Å². The molecule has 0 radical (unpaired) electrons. The van der Waals surface area contributed by atoms with Gasteiger partial charge in [-0.3, -0.25) is 9.59 Å². The van der Waals surface area contributed by atoms with Crippen molar-refractivity contribution in [2.75, 3.05) is 39.0 Å². The summed E-state index contributed by atoms with van der Waals surface area (Å²) in [5.41, 5.74) is 0. The molecule has 25 heavy (non-hydrogen) atoms. The number of nitrogens with one attached hydrogen (secondary N) is 3. The highest BCUT2D eigenvalue weighted by molar-refractivity contribution is 7.80. The van der Waals surface area contributed by atoms with Crippen molar-refractivity contribution in [3.05, 3.63) is 0 Å². The number of likely N-dealkylation sites (N-methyl/N-ethyl adjacent to an activating group) is 1. The van der Waals surface area contributed by atoms with E-state index in [2.05, 4.69) is 33.5 Å². The van der Waals surface area contributed by atoms with Crippen LogP contribution in [0.1, 0.15) is 46.0 Å². The average molecular weight is 375 g/mol. The van der Waals surface area contributed by atoms with Crippen LogP contribution >= 0.6 is 12.6 Å². The third-order valence-electron chi connectivity index (χ3n) is 3.84. The molecule has 0 aromatic rings. The van der Waals surface area contributed by atoms with Crippen molar-refractivity contribution in [1.82, 2.24) is 20.9 Å². The summed E-state index contributed by atoms with van der Waals surface area (Å²) < 4.78 is 0. The normalized spacial score (nSPS) is 11.9. The lowest BCUT2D eigenvalue weighted by Crippen LogP contribution is -2.46. The van der Waals surface area contributed by atoms with Crippen molar-refractivity contribution in [3.8, 4) is 0 Å². The van der Waals surface area contributed by atoms with Crippen molar-refractivity contribution in [2.45, 2.75) is 52.0 Å². The summed E-state index contributed by atoms with van der Waals surface area (Å²) in [6.07, 6.45) is 3.89. The largest absolute Gasteiger partial charge is 0.355 e. The first-order valence-corrected chi connectivity index (χ1v) is 9.67. The molecule has 0 saturated carbocycles. The molecule has 0 aliphatic rings. The fraction of sp³-hybridized carbons (Fsp3) is 0.824. The highest BCUT2D eigenvalue weighted by Gasteiger charge is 2.13. The van der Waals surface area contributed by atoms with Gasteiger partial charge >= 0.3 is 6.03 Å². The van der Waals surface area contributed by atoms with Crippen LogP contribution in [0.5, 0.6) is 0 Å². The van der Waals surface area contributed by atoms with Gasteiger partial charge in [-0.05, 0) is 33.4 Å². The third kappa shape index (κ3) is 13.7. The number of Topliss-reactive ketones (excluding diaryl/α,β-unsaturated/α-hetero) is 1. The van der Waals surface area contributed by atoms with Crippen molar-refractivity contribution in [2.24, 2.45) is 0 Å². The zero-order valence-electron chi connectivity index (χ0n) is 15.8. The van der Waals surface area contributed by atoms with Gasteiger partial charge in [0, 0.05) is 38.2 Å². The number of urea groups is 1. The number of amides is 3. The topological polar surface area (TPSA) is 90.5 Å². The minimum atomic E-state index is -0.451. The Hall–Kier alpha value is -1.28. The first kappa shape index (κ1) is 23.7. The van der Waals surface area contributed by atoms with E-state index in [4.69, 9.17) is 0 Å². The van der Waals surface area contributed by atoms with Gasteiger partial charge in [0.2, 0.25) is 5.91 Å². The van der Waals surface area contributed by atoms with E-state index in [9.17, 15) is 14.4 Å². The number of carbonyl (C=O) groups excluding carboxylic acids is 3. The van der Waals surface area contributed by atoms with Crippen LogP contribution in [-0.4, -0.2) is 67.6 Å². The second-order valence-corrected chi connectivity index (χ2v) is 6.58. The number of hydrogen-bond acceptors (Lipinski definition) is 5. The Morgan fingerprint density at radius 1 is 1.04 bits per heavy atom. The summed E-state index contributed by atoms with van der Waals surface area (Å²) in [6.45, 7) is 6.29.